The number of hydrogen-bond acceptors (Lipinski definition) is 2. The third kappa shape index (κ3) is 2.31. The molecule has 5 heteroatoms. The summed E-state index contributed by atoms with van der Waals surface area (Å²) in [5.74, 6) is -1.01. The van der Waals surface area contributed by atoms with Crippen molar-refractivity contribution in [2.75, 3.05) is 6.61 Å². The average Bonchev–Trinajstić information content (AvgIpc) is 3.15. The van der Waals surface area contributed by atoms with Gasteiger partial charge >= 0.3 is 5.97 Å². The largest absolute Gasteiger partial charge is 0.481 e. The van der Waals surface area contributed by atoms with E-state index in [9.17, 15) is 14.3 Å². The molecule has 0 radical (unpaired) electrons. The number of halogens is 2. The van der Waals surface area contributed by atoms with Crippen LogP contribution in [0.5, 0.6) is 0 Å². The Morgan fingerprint density at radius 2 is 2.25 bits per heavy atom. The van der Waals surface area contributed by atoms with E-state index >= 15 is 0 Å². The van der Waals surface area contributed by atoms with Gasteiger partial charge in [0.2, 0.25) is 0 Å². The second kappa shape index (κ2) is 5.01. The van der Waals surface area contributed by atoms with Crippen LogP contribution in [0.4, 0.5) is 4.39 Å². The van der Waals surface area contributed by atoms with Crippen LogP contribution in [-0.4, -0.2) is 23.8 Å². The first-order chi connectivity index (χ1) is 9.53. The van der Waals surface area contributed by atoms with Crippen LogP contribution in [0.3, 0.4) is 0 Å². The van der Waals surface area contributed by atoms with Crippen LogP contribution in [0, 0.1) is 17.2 Å². The smallest absolute Gasteiger partial charge is 0.312 e. The minimum Gasteiger partial charge on any atom is -0.481 e. The van der Waals surface area contributed by atoms with E-state index < -0.39 is 17.2 Å². The minimum atomic E-state index is -0.929. The SMILES string of the molecule is O=C(O)C1(Cc2ccc(Cl)c(F)c2)CCOC1C1CC1. The second-order valence-corrected chi connectivity index (χ2v) is 6.17. The van der Waals surface area contributed by atoms with Gasteiger partial charge in [-0.3, -0.25) is 4.79 Å². The number of ether oxygens (including phenoxy) is 1. The second-order valence-electron chi connectivity index (χ2n) is 5.77. The Balaban J connectivity index is 1.90. The van der Waals surface area contributed by atoms with Gasteiger partial charge in [-0.1, -0.05) is 17.7 Å². The van der Waals surface area contributed by atoms with Crippen LogP contribution in [0.1, 0.15) is 24.8 Å². The summed E-state index contributed by atoms with van der Waals surface area (Å²) in [5, 5.41) is 9.75. The zero-order valence-electron chi connectivity index (χ0n) is 10.9. The lowest BCUT2D eigenvalue weighted by Crippen LogP contribution is -2.42. The van der Waals surface area contributed by atoms with E-state index in [4.69, 9.17) is 16.3 Å². The van der Waals surface area contributed by atoms with Crippen molar-refractivity contribution < 1.29 is 19.0 Å². The fraction of sp³-hybridized carbons (Fsp3) is 0.533. The van der Waals surface area contributed by atoms with E-state index in [0.29, 0.717) is 24.5 Å². The summed E-state index contributed by atoms with van der Waals surface area (Å²) in [5.41, 5.74) is -0.271. The molecule has 1 aromatic rings. The molecule has 2 unspecified atom stereocenters. The predicted molar refractivity (Wildman–Crippen MR) is 72.3 cm³/mol. The molecule has 1 aromatic carbocycles. The lowest BCUT2D eigenvalue weighted by Gasteiger charge is -2.30. The van der Waals surface area contributed by atoms with Crippen molar-refractivity contribution in [3.8, 4) is 0 Å². The molecule has 1 aliphatic heterocycles. The van der Waals surface area contributed by atoms with Crippen molar-refractivity contribution in [3.63, 3.8) is 0 Å². The van der Waals surface area contributed by atoms with E-state index in [-0.39, 0.29) is 17.5 Å². The number of carboxylic acids is 1. The summed E-state index contributed by atoms with van der Waals surface area (Å²) >= 11 is 5.67. The van der Waals surface area contributed by atoms with Crippen LogP contribution in [-0.2, 0) is 16.0 Å². The predicted octanol–water partition coefficient (Wildman–Crippen LogP) is 3.29. The molecule has 0 aromatic heterocycles. The van der Waals surface area contributed by atoms with Gasteiger partial charge in [-0.2, -0.15) is 0 Å². The van der Waals surface area contributed by atoms with Crippen molar-refractivity contribution >= 4 is 17.6 Å². The molecule has 2 aliphatic rings. The molecule has 0 amide bonds. The molecular weight excluding hydrogens is 283 g/mol. The fourth-order valence-corrected chi connectivity index (χ4v) is 3.28. The van der Waals surface area contributed by atoms with Crippen LogP contribution in [0.15, 0.2) is 18.2 Å². The van der Waals surface area contributed by atoms with Gasteiger partial charge < -0.3 is 9.84 Å². The van der Waals surface area contributed by atoms with Crippen molar-refractivity contribution in [2.24, 2.45) is 11.3 Å². The fourth-order valence-electron chi connectivity index (χ4n) is 3.16. The van der Waals surface area contributed by atoms with Gasteiger partial charge in [0.15, 0.2) is 0 Å². The van der Waals surface area contributed by atoms with Crippen LogP contribution in [0.25, 0.3) is 0 Å². The molecule has 1 saturated carbocycles. The van der Waals surface area contributed by atoms with Crippen LogP contribution >= 0.6 is 11.6 Å². The van der Waals surface area contributed by atoms with Gasteiger partial charge in [-0.05, 0) is 49.3 Å². The van der Waals surface area contributed by atoms with Crippen LogP contribution in [0.2, 0.25) is 5.02 Å². The summed E-state index contributed by atoms with van der Waals surface area (Å²) in [4.78, 5) is 11.8. The monoisotopic (exact) mass is 298 g/mol. The first-order valence-electron chi connectivity index (χ1n) is 6.82. The van der Waals surface area contributed by atoms with E-state index in [1.807, 2.05) is 0 Å². The van der Waals surface area contributed by atoms with Gasteiger partial charge in [0, 0.05) is 6.61 Å². The Labute approximate surface area is 121 Å². The molecule has 3 rings (SSSR count). The maximum atomic E-state index is 13.5. The lowest BCUT2D eigenvalue weighted by atomic mass is 9.74. The highest BCUT2D eigenvalue weighted by molar-refractivity contribution is 6.30. The first-order valence-corrected chi connectivity index (χ1v) is 7.20. The molecular formula is C15H16ClFO3. The third-order valence-electron chi connectivity index (χ3n) is 4.37. The molecule has 108 valence electrons. The first kappa shape index (κ1) is 13.8. The van der Waals surface area contributed by atoms with Gasteiger partial charge in [-0.15, -0.1) is 0 Å². The number of hydrogen-bond donors (Lipinski definition) is 1. The number of carbonyl (C=O) groups is 1. The summed E-state index contributed by atoms with van der Waals surface area (Å²) in [6.07, 6.45) is 2.56. The quantitative estimate of drug-likeness (QED) is 0.928. The molecule has 0 bridgehead atoms. The Bertz CT molecular complexity index is 544. The van der Waals surface area contributed by atoms with Crippen molar-refractivity contribution in [1.29, 1.82) is 0 Å². The van der Waals surface area contributed by atoms with Crippen molar-refractivity contribution in [3.05, 3.63) is 34.6 Å². The summed E-state index contributed by atoms with van der Waals surface area (Å²) in [6, 6.07) is 4.50. The number of rotatable bonds is 4. The lowest BCUT2D eigenvalue weighted by molar-refractivity contribution is -0.153. The van der Waals surface area contributed by atoms with Gasteiger partial charge in [0.05, 0.1) is 11.1 Å². The van der Waals surface area contributed by atoms with E-state index in [2.05, 4.69) is 0 Å². The number of benzene rings is 1. The molecule has 3 nitrogen and oxygen atoms in total. The Hall–Kier alpha value is -1.13. The molecule has 2 atom stereocenters. The number of carboxylic acid groups (broad SMARTS) is 1. The van der Waals surface area contributed by atoms with Crippen molar-refractivity contribution in [1.82, 2.24) is 0 Å². The zero-order chi connectivity index (χ0) is 14.3. The Morgan fingerprint density at radius 3 is 2.85 bits per heavy atom. The topological polar surface area (TPSA) is 46.5 Å². The third-order valence-corrected chi connectivity index (χ3v) is 4.68. The summed E-state index contributed by atoms with van der Waals surface area (Å²) < 4.78 is 19.2. The average molecular weight is 299 g/mol. The Kier molecular flexibility index (Phi) is 3.46. The Morgan fingerprint density at radius 1 is 1.50 bits per heavy atom. The van der Waals surface area contributed by atoms with E-state index in [1.54, 1.807) is 6.07 Å². The van der Waals surface area contributed by atoms with E-state index in [0.717, 1.165) is 12.8 Å². The molecule has 1 aliphatic carbocycles. The molecule has 1 saturated heterocycles. The van der Waals surface area contributed by atoms with Gasteiger partial charge in [0.1, 0.15) is 11.2 Å². The van der Waals surface area contributed by atoms with Crippen molar-refractivity contribution in [2.45, 2.75) is 31.8 Å². The minimum absolute atomic E-state index is 0.0551. The summed E-state index contributed by atoms with van der Waals surface area (Å²) in [7, 11) is 0. The van der Waals surface area contributed by atoms with Gasteiger partial charge in [-0.25, -0.2) is 4.39 Å². The standard InChI is InChI=1S/C15H16ClFO3/c16-11-4-1-9(7-12(11)17)8-15(14(18)19)5-6-20-13(15)10-2-3-10/h1,4,7,10,13H,2-3,5-6,8H2,(H,18,19). The normalized spacial score (nSPS) is 29.6. The highest BCUT2D eigenvalue weighted by atomic mass is 35.5. The van der Waals surface area contributed by atoms with E-state index in [1.165, 1.54) is 12.1 Å². The van der Waals surface area contributed by atoms with Gasteiger partial charge in [0.25, 0.3) is 0 Å². The summed E-state index contributed by atoms with van der Waals surface area (Å²) in [6.45, 7) is 0.462. The molecule has 2 fully saturated rings. The maximum Gasteiger partial charge on any atom is 0.312 e. The molecule has 1 N–H and O–H groups in total. The molecule has 20 heavy (non-hydrogen) atoms. The maximum absolute atomic E-state index is 13.5. The zero-order valence-corrected chi connectivity index (χ0v) is 11.7. The molecule has 0 spiro atoms. The molecule has 1 heterocycles. The van der Waals surface area contributed by atoms with Crippen LogP contribution < -0.4 is 0 Å². The highest BCUT2D eigenvalue weighted by Crippen LogP contribution is 2.49. The highest BCUT2D eigenvalue weighted by Gasteiger charge is 2.55. The number of aliphatic carboxylic acids is 1.